The quantitative estimate of drug-likeness (QED) is 0.805. The first-order valence-corrected chi connectivity index (χ1v) is 9.56. The van der Waals surface area contributed by atoms with Gasteiger partial charge < -0.3 is 4.90 Å². The molecule has 6 nitrogen and oxygen atoms in total. The number of aromatic nitrogens is 2. The van der Waals surface area contributed by atoms with Gasteiger partial charge in [0.1, 0.15) is 0 Å². The van der Waals surface area contributed by atoms with Crippen LogP contribution in [-0.2, 0) is 9.84 Å². The lowest BCUT2D eigenvalue weighted by Crippen LogP contribution is -2.34. The van der Waals surface area contributed by atoms with Crippen molar-refractivity contribution in [3.05, 3.63) is 40.3 Å². The van der Waals surface area contributed by atoms with Crippen LogP contribution in [0.15, 0.2) is 28.3 Å². The van der Waals surface area contributed by atoms with Crippen molar-refractivity contribution in [2.24, 2.45) is 0 Å². The number of aryl methyl sites for hydroxylation is 1. The first-order valence-electron chi connectivity index (χ1n) is 7.70. The van der Waals surface area contributed by atoms with E-state index in [0.717, 1.165) is 6.20 Å². The highest BCUT2D eigenvalue weighted by molar-refractivity contribution is 7.91. The van der Waals surface area contributed by atoms with Gasteiger partial charge in [0.25, 0.3) is 0 Å². The minimum absolute atomic E-state index is 0.0977. The second-order valence-electron chi connectivity index (χ2n) is 5.50. The molecule has 0 aliphatic carbocycles. The third kappa shape index (κ3) is 3.41. The molecule has 0 atom stereocenters. The molecule has 1 aromatic carbocycles. The van der Waals surface area contributed by atoms with E-state index in [1.165, 1.54) is 17.9 Å². The minimum atomic E-state index is -4.27. The molecule has 2 aromatic rings. The molecule has 25 heavy (non-hydrogen) atoms. The van der Waals surface area contributed by atoms with Crippen LogP contribution in [0.3, 0.4) is 0 Å². The summed E-state index contributed by atoms with van der Waals surface area (Å²) in [5, 5.41) is 3.17. The molecule has 0 bridgehead atoms. The van der Waals surface area contributed by atoms with Gasteiger partial charge in [-0.05, 0) is 44.9 Å². The molecular formula is C16H19ClFN3O3S. The summed E-state index contributed by atoms with van der Waals surface area (Å²) >= 11 is 6.01. The van der Waals surface area contributed by atoms with Gasteiger partial charge in [0.2, 0.25) is 14.9 Å². The molecule has 0 saturated heterocycles. The fraction of sp³-hybridized carbons (Fsp3) is 0.375. The van der Waals surface area contributed by atoms with Crippen LogP contribution >= 0.6 is 11.6 Å². The first kappa shape index (κ1) is 19.4. The third-order valence-electron chi connectivity index (χ3n) is 3.93. The van der Waals surface area contributed by atoms with Gasteiger partial charge in [-0.15, -0.1) is 5.10 Å². The Morgan fingerprint density at radius 2 is 1.88 bits per heavy atom. The standard InChI is InChI=1S/C16H19ClFN3O3S/c1-5-20(6-2)16(22)21-9-13(18)15(19-21)25(23,24)14-10(3)7-8-12(17)11(14)4/h7-9H,5-6H2,1-4H3. The Kier molecular flexibility index (Phi) is 5.53. The molecule has 0 unspecified atom stereocenters. The number of halogens is 2. The van der Waals surface area contributed by atoms with Crippen LogP contribution in [0.5, 0.6) is 0 Å². The number of sulfone groups is 1. The van der Waals surface area contributed by atoms with Crippen LogP contribution in [0, 0.1) is 19.7 Å². The normalized spacial score (nSPS) is 11.6. The lowest BCUT2D eigenvalue weighted by molar-refractivity contribution is 0.201. The first-order chi connectivity index (χ1) is 11.6. The minimum Gasteiger partial charge on any atom is -0.323 e. The highest BCUT2D eigenvalue weighted by atomic mass is 35.5. The van der Waals surface area contributed by atoms with Crippen molar-refractivity contribution in [2.45, 2.75) is 37.6 Å². The Bertz CT molecular complexity index is 921. The molecule has 0 aliphatic heterocycles. The zero-order chi connectivity index (χ0) is 18.9. The van der Waals surface area contributed by atoms with Gasteiger partial charge in [0.15, 0.2) is 5.82 Å². The van der Waals surface area contributed by atoms with Crippen LogP contribution in [0.1, 0.15) is 25.0 Å². The predicted molar refractivity (Wildman–Crippen MR) is 92.3 cm³/mol. The summed E-state index contributed by atoms with van der Waals surface area (Å²) in [6, 6.07) is 2.52. The lowest BCUT2D eigenvalue weighted by Gasteiger charge is -2.17. The fourth-order valence-corrected chi connectivity index (χ4v) is 4.49. The van der Waals surface area contributed by atoms with E-state index < -0.39 is 26.7 Å². The average molecular weight is 388 g/mol. The maximum Gasteiger partial charge on any atom is 0.344 e. The number of benzene rings is 1. The van der Waals surface area contributed by atoms with E-state index in [4.69, 9.17) is 11.6 Å². The van der Waals surface area contributed by atoms with E-state index in [1.807, 2.05) is 0 Å². The van der Waals surface area contributed by atoms with Crippen molar-refractivity contribution in [2.75, 3.05) is 13.1 Å². The van der Waals surface area contributed by atoms with Gasteiger partial charge in [0.05, 0.1) is 11.1 Å². The summed E-state index contributed by atoms with van der Waals surface area (Å²) < 4.78 is 40.8. The SMILES string of the molecule is CCN(CC)C(=O)n1cc(F)c(S(=O)(=O)c2c(C)ccc(Cl)c2C)n1. The van der Waals surface area contributed by atoms with Gasteiger partial charge in [-0.25, -0.2) is 17.6 Å². The molecule has 2 rings (SSSR count). The molecule has 0 N–H and O–H groups in total. The van der Waals surface area contributed by atoms with Crippen molar-refractivity contribution < 1.29 is 17.6 Å². The number of hydrogen-bond acceptors (Lipinski definition) is 4. The number of carbonyl (C=O) groups is 1. The summed E-state index contributed by atoms with van der Waals surface area (Å²) in [7, 11) is -4.27. The van der Waals surface area contributed by atoms with Crippen molar-refractivity contribution >= 4 is 27.5 Å². The number of rotatable bonds is 4. The number of nitrogens with zero attached hydrogens (tertiary/aromatic N) is 3. The van der Waals surface area contributed by atoms with E-state index in [2.05, 4.69) is 5.10 Å². The van der Waals surface area contributed by atoms with Crippen LogP contribution in [0.2, 0.25) is 5.02 Å². The molecule has 1 aromatic heterocycles. The van der Waals surface area contributed by atoms with E-state index in [1.54, 1.807) is 26.8 Å². The molecule has 1 amide bonds. The third-order valence-corrected chi connectivity index (χ3v) is 6.29. The molecule has 1 heterocycles. The monoisotopic (exact) mass is 387 g/mol. The summed E-state index contributed by atoms with van der Waals surface area (Å²) in [5.41, 5.74) is 0.733. The van der Waals surface area contributed by atoms with Crippen LogP contribution < -0.4 is 0 Å². The van der Waals surface area contributed by atoms with Crippen LogP contribution in [-0.4, -0.2) is 42.2 Å². The lowest BCUT2D eigenvalue weighted by atomic mass is 10.1. The maximum absolute atomic E-state index is 14.3. The van der Waals surface area contributed by atoms with E-state index in [-0.39, 0.29) is 9.92 Å². The van der Waals surface area contributed by atoms with E-state index in [0.29, 0.717) is 28.9 Å². The fourth-order valence-electron chi connectivity index (χ4n) is 2.57. The van der Waals surface area contributed by atoms with Crippen LogP contribution in [0.4, 0.5) is 9.18 Å². The zero-order valence-corrected chi connectivity index (χ0v) is 15.9. The Morgan fingerprint density at radius 3 is 2.44 bits per heavy atom. The molecule has 136 valence electrons. The Morgan fingerprint density at radius 1 is 1.28 bits per heavy atom. The average Bonchev–Trinajstić information content (AvgIpc) is 2.95. The molecule has 9 heteroatoms. The van der Waals surface area contributed by atoms with Gasteiger partial charge in [-0.3, -0.25) is 0 Å². The van der Waals surface area contributed by atoms with Gasteiger partial charge >= 0.3 is 6.03 Å². The Labute approximate surface area is 151 Å². The summed E-state index contributed by atoms with van der Waals surface area (Å²) in [6.45, 7) is 7.44. The maximum atomic E-state index is 14.3. The second-order valence-corrected chi connectivity index (χ2v) is 7.71. The molecule has 0 radical (unpaired) electrons. The predicted octanol–water partition coefficient (Wildman–Crippen LogP) is 3.44. The van der Waals surface area contributed by atoms with Crippen LogP contribution in [0.25, 0.3) is 0 Å². The second kappa shape index (κ2) is 7.13. The van der Waals surface area contributed by atoms with E-state index in [9.17, 15) is 17.6 Å². The number of carbonyl (C=O) groups excluding carboxylic acids is 1. The van der Waals surface area contributed by atoms with Crippen molar-refractivity contribution in [1.82, 2.24) is 14.7 Å². The van der Waals surface area contributed by atoms with Gasteiger partial charge in [0, 0.05) is 18.1 Å². The Hall–Kier alpha value is -1.93. The van der Waals surface area contributed by atoms with Crippen molar-refractivity contribution in [3.63, 3.8) is 0 Å². The van der Waals surface area contributed by atoms with Gasteiger partial charge in [-0.1, -0.05) is 17.7 Å². The molecule has 0 spiro atoms. The highest BCUT2D eigenvalue weighted by Crippen LogP contribution is 2.31. The smallest absolute Gasteiger partial charge is 0.323 e. The van der Waals surface area contributed by atoms with Gasteiger partial charge in [-0.2, -0.15) is 4.68 Å². The van der Waals surface area contributed by atoms with Crippen molar-refractivity contribution in [3.8, 4) is 0 Å². The number of amides is 1. The Balaban J connectivity index is 2.60. The number of hydrogen-bond donors (Lipinski definition) is 0. The largest absolute Gasteiger partial charge is 0.344 e. The van der Waals surface area contributed by atoms with E-state index >= 15 is 0 Å². The van der Waals surface area contributed by atoms with Crippen molar-refractivity contribution in [1.29, 1.82) is 0 Å². The molecule has 0 fully saturated rings. The molecular weight excluding hydrogens is 369 g/mol. The summed E-state index contributed by atoms with van der Waals surface area (Å²) in [6.07, 6.45) is 0.781. The summed E-state index contributed by atoms with van der Waals surface area (Å²) in [5.74, 6) is -1.08. The molecule has 0 aliphatic rings. The molecule has 0 saturated carbocycles. The zero-order valence-electron chi connectivity index (χ0n) is 14.4. The highest BCUT2D eigenvalue weighted by Gasteiger charge is 2.31. The topological polar surface area (TPSA) is 72.3 Å². The summed E-state index contributed by atoms with van der Waals surface area (Å²) in [4.78, 5) is 13.6.